The van der Waals surface area contributed by atoms with Crippen LogP contribution in [0.1, 0.15) is 18.1 Å². The van der Waals surface area contributed by atoms with Gasteiger partial charge in [-0.3, -0.25) is 0 Å². The zero-order valence-electron chi connectivity index (χ0n) is 8.34. The number of hydrogen-bond acceptors (Lipinski definition) is 3. The largest absolute Gasteiger partial charge is 0.396 e. The van der Waals surface area contributed by atoms with Gasteiger partial charge in [0.15, 0.2) is 0 Å². The van der Waals surface area contributed by atoms with Crippen molar-refractivity contribution in [3.63, 3.8) is 0 Å². The Hall–Kier alpha value is -1.13. The average molecular weight is 198 g/mol. The van der Waals surface area contributed by atoms with Crippen LogP contribution in [0.2, 0.25) is 0 Å². The Kier molecular flexibility index (Phi) is 2.78. The van der Waals surface area contributed by atoms with Crippen LogP contribution in [-0.2, 0) is 5.54 Å². The van der Waals surface area contributed by atoms with Crippen molar-refractivity contribution in [2.45, 2.75) is 19.4 Å². The highest BCUT2D eigenvalue weighted by Crippen LogP contribution is 2.25. The van der Waals surface area contributed by atoms with E-state index in [0.29, 0.717) is 5.56 Å². The highest BCUT2D eigenvalue weighted by Gasteiger charge is 2.23. The lowest BCUT2D eigenvalue weighted by Crippen LogP contribution is -2.37. The van der Waals surface area contributed by atoms with Gasteiger partial charge in [0.2, 0.25) is 0 Å². The first-order valence-corrected chi connectivity index (χ1v) is 4.34. The Morgan fingerprint density at radius 3 is 2.57 bits per heavy atom. The molecule has 14 heavy (non-hydrogen) atoms. The number of aliphatic hydroxyl groups excluding tert-OH is 1. The molecule has 0 radical (unpaired) electrons. The summed E-state index contributed by atoms with van der Waals surface area (Å²) < 4.78 is 13.2. The third kappa shape index (κ3) is 1.86. The van der Waals surface area contributed by atoms with E-state index < -0.39 is 11.4 Å². The van der Waals surface area contributed by atoms with E-state index >= 15 is 0 Å². The van der Waals surface area contributed by atoms with E-state index in [1.165, 1.54) is 12.1 Å². The molecular formula is C10H15FN2O. The van der Waals surface area contributed by atoms with Crippen LogP contribution in [0.3, 0.4) is 0 Å². The summed E-state index contributed by atoms with van der Waals surface area (Å²) in [7, 11) is 0. The van der Waals surface area contributed by atoms with Crippen LogP contribution in [0, 0.1) is 12.7 Å². The summed E-state index contributed by atoms with van der Waals surface area (Å²) in [4.78, 5) is 0. The molecule has 1 aromatic rings. The summed E-state index contributed by atoms with van der Waals surface area (Å²) in [6, 6.07) is 2.80. The van der Waals surface area contributed by atoms with Gasteiger partial charge in [0.05, 0.1) is 17.8 Å². The molecule has 1 rings (SSSR count). The minimum absolute atomic E-state index is 0.0972. The Balaban J connectivity index is 3.29. The predicted octanol–water partition coefficient (Wildman–Crippen LogP) is 0.883. The van der Waals surface area contributed by atoms with Gasteiger partial charge >= 0.3 is 0 Å². The van der Waals surface area contributed by atoms with E-state index in [0.717, 1.165) is 5.56 Å². The number of benzene rings is 1. The Bertz CT molecular complexity index is 350. The van der Waals surface area contributed by atoms with Crippen LogP contribution in [0.15, 0.2) is 12.1 Å². The summed E-state index contributed by atoms with van der Waals surface area (Å²) >= 11 is 0. The SMILES string of the molecule is Cc1cc(N)c(F)cc1[C@](C)(N)CO. The van der Waals surface area contributed by atoms with E-state index in [-0.39, 0.29) is 12.3 Å². The predicted molar refractivity (Wildman–Crippen MR) is 54.2 cm³/mol. The third-order valence-corrected chi connectivity index (χ3v) is 2.29. The van der Waals surface area contributed by atoms with Crippen molar-refractivity contribution in [2.75, 3.05) is 12.3 Å². The molecule has 0 aliphatic rings. The van der Waals surface area contributed by atoms with Gasteiger partial charge in [0, 0.05) is 0 Å². The van der Waals surface area contributed by atoms with Crippen molar-refractivity contribution in [1.82, 2.24) is 0 Å². The second-order valence-corrected chi connectivity index (χ2v) is 3.76. The lowest BCUT2D eigenvalue weighted by molar-refractivity contribution is 0.209. The van der Waals surface area contributed by atoms with E-state index in [1.807, 2.05) is 0 Å². The van der Waals surface area contributed by atoms with Crippen LogP contribution in [0.25, 0.3) is 0 Å². The molecule has 0 bridgehead atoms. The summed E-state index contributed by atoms with van der Waals surface area (Å²) in [5.41, 5.74) is 11.7. The van der Waals surface area contributed by atoms with Gasteiger partial charge in [-0.15, -0.1) is 0 Å². The fourth-order valence-electron chi connectivity index (χ4n) is 1.40. The molecule has 0 saturated heterocycles. The lowest BCUT2D eigenvalue weighted by Gasteiger charge is -2.24. The van der Waals surface area contributed by atoms with Crippen molar-refractivity contribution in [2.24, 2.45) is 5.73 Å². The summed E-state index contributed by atoms with van der Waals surface area (Å²) in [5, 5.41) is 9.05. The number of nitrogen functional groups attached to an aromatic ring is 1. The molecule has 78 valence electrons. The second-order valence-electron chi connectivity index (χ2n) is 3.76. The van der Waals surface area contributed by atoms with E-state index in [9.17, 15) is 4.39 Å². The first-order chi connectivity index (χ1) is 6.38. The van der Waals surface area contributed by atoms with Crippen LogP contribution < -0.4 is 11.5 Å². The second kappa shape index (κ2) is 3.55. The van der Waals surface area contributed by atoms with Crippen LogP contribution in [-0.4, -0.2) is 11.7 Å². The van der Waals surface area contributed by atoms with Gasteiger partial charge in [0.25, 0.3) is 0 Å². The molecule has 0 spiro atoms. The number of halogens is 1. The van der Waals surface area contributed by atoms with Crippen molar-refractivity contribution in [3.05, 3.63) is 29.1 Å². The van der Waals surface area contributed by atoms with E-state index in [2.05, 4.69) is 0 Å². The number of hydrogen-bond donors (Lipinski definition) is 3. The number of aliphatic hydroxyl groups is 1. The van der Waals surface area contributed by atoms with Gasteiger partial charge in [-0.2, -0.15) is 0 Å². The molecule has 0 aliphatic heterocycles. The maximum atomic E-state index is 13.2. The van der Waals surface area contributed by atoms with Crippen LogP contribution in [0.5, 0.6) is 0 Å². The highest BCUT2D eigenvalue weighted by atomic mass is 19.1. The molecule has 3 nitrogen and oxygen atoms in total. The number of aryl methyl sites for hydroxylation is 1. The fourth-order valence-corrected chi connectivity index (χ4v) is 1.40. The first kappa shape index (κ1) is 10.9. The molecule has 5 N–H and O–H groups in total. The molecule has 0 fully saturated rings. The van der Waals surface area contributed by atoms with E-state index in [4.69, 9.17) is 16.6 Å². The molecule has 0 amide bonds. The molecule has 1 aromatic carbocycles. The summed E-state index contributed by atoms with van der Waals surface area (Å²) in [6.45, 7) is 3.19. The quantitative estimate of drug-likeness (QED) is 0.618. The molecular weight excluding hydrogens is 183 g/mol. The van der Waals surface area contributed by atoms with Crippen molar-refractivity contribution in [1.29, 1.82) is 0 Å². The van der Waals surface area contributed by atoms with Crippen molar-refractivity contribution >= 4 is 5.69 Å². The number of rotatable bonds is 2. The molecule has 0 heterocycles. The Morgan fingerprint density at radius 1 is 1.50 bits per heavy atom. The van der Waals surface area contributed by atoms with Crippen molar-refractivity contribution < 1.29 is 9.50 Å². The smallest absolute Gasteiger partial charge is 0.146 e. The first-order valence-electron chi connectivity index (χ1n) is 4.34. The Labute approximate surface area is 82.5 Å². The van der Waals surface area contributed by atoms with Gasteiger partial charge in [-0.1, -0.05) is 0 Å². The van der Waals surface area contributed by atoms with Gasteiger partial charge in [-0.05, 0) is 37.1 Å². The van der Waals surface area contributed by atoms with Gasteiger partial charge < -0.3 is 16.6 Å². The number of anilines is 1. The molecule has 0 saturated carbocycles. The van der Waals surface area contributed by atoms with Crippen molar-refractivity contribution in [3.8, 4) is 0 Å². The molecule has 0 unspecified atom stereocenters. The Morgan fingerprint density at radius 2 is 2.07 bits per heavy atom. The fraction of sp³-hybridized carbons (Fsp3) is 0.400. The monoisotopic (exact) mass is 198 g/mol. The third-order valence-electron chi connectivity index (χ3n) is 2.29. The molecule has 0 aromatic heterocycles. The van der Waals surface area contributed by atoms with Gasteiger partial charge in [0.1, 0.15) is 5.82 Å². The van der Waals surface area contributed by atoms with Gasteiger partial charge in [-0.25, -0.2) is 4.39 Å². The topological polar surface area (TPSA) is 72.3 Å². The maximum Gasteiger partial charge on any atom is 0.146 e. The average Bonchev–Trinajstić information content (AvgIpc) is 2.11. The normalized spacial score (nSPS) is 15.2. The lowest BCUT2D eigenvalue weighted by atomic mass is 9.90. The summed E-state index contributed by atoms with van der Waals surface area (Å²) in [6.07, 6.45) is 0. The zero-order chi connectivity index (χ0) is 10.9. The highest BCUT2D eigenvalue weighted by molar-refractivity contribution is 5.47. The minimum atomic E-state index is -0.932. The zero-order valence-corrected chi connectivity index (χ0v) is 8.34. The molecule has 0 aliphatic carbocycles. The summed E-state index contributed by atoms with van der Waals surface area (Å²) in [5.74, 6) is -0.504. The van der Waals surface area contributed by atoms with Crippen LogP contribution in [0.4, 0.5) is 10.1 Å². The standard InChI is InChI=1S/C10H15FN2O/c1-6-3-9(12)8(11)4-7(6)10(2,13)5-14/h3-4,14H,5,12-13H2,1-2H3/t10-/m1/s1. The van der Waals surface area contributed by atoms with Crippen LogP contribution >= 0.6 is 0 Å². The number of nitrogens with two attached hydrogens (primary N) is 2. The molecule has 4 heteroatoms. The van der Waals surface area contributed by atoms with E-state index in [1.54, 1.807) is 13.8 Å². The maximum absolute atomic E-state index is 13.2. The molecule has 1 atom stereocenters. The minimum Gasteiger partial charge on any atom is -0.396 e.